The van der Waals surface area contributed by atoms with Crippen LogP contribution in [0, 0.1) is 18.3 Å². The van der Waals surface area contributed by atoms with Crippen molar-refractivity contribution in [3.8, 4) is 23.1 Å². The number of aryl methyl sites for hydroxylation is 1. The number of unbranched alkanes of at least 4 members (excludes halogenated alkanes) is 2. The van der Waals surface area contributed by atoms with Crippen molar-refractivity contribution in [2.24, 2.45) is 5.10 Å². The maximum absolute atomic E-state index is 12.3. The lowest BCUT2D eigenvalue weighted by atomic mass is 10.1. The third-order valence-corrected chi connectivity index (χ3v) is 4.62. The molecule has 0 fully saturated rings. The summed E-state index contributed by atoms with van der Waals surface area (Å²) in [7, 11) is 0. The highest BCUT2D eigenvalue weighted by atomic mass is 16.5. The second-order valence-corrected chi connectivity index (χ2v) is 7.08. The summed E-state index contributed by atoms with van der Waals surface area (Å²) in [6, 6.07) is 16.9. The molecular formula is C24H25N5O2. The highest BCUT2D eigenvalue weighted by Gasteiger charge is 2.13. The summed E-state index contributed by atoms with van der Waals surface area (Å²) in [5, 5.41) is 13.6. The molecule has 0 saturated heterocycles. The normalized spacial score (nSPS) is 10.7. The molecule has 7 heteroatoms. The zero-order chi connectivity index (χ0) is 22.1. The number of hydrogen-bond donors (Lipinski definition) is 2. The third kappa shape index (κ3) is 5.80. The molecule has 0 aliphatic rings. The molecule has 0 radical (unpaired) electrons. The number of hydrazone groups is 1. The van der Waals surface area contributed by atoms with Gasteiger partial charge in [0.05, 0.1) is 18.5 Å². The van der Waals surface area contributed by atoms with Crippen LogP contribution in [0.25, 0.3) is 11.3 Å². The fourth-order valence-electron chi connectivity index (χ4n) is 3.03. The van der Waals surface area contributed by atoms with E-state index in [1.807, 2.05) is 49.4 Å². The van der Waals surface area contributed by atoms with Crippen LogP contribution in [0.2, 0.25) is 0 Å². The van der Waals surface area contributed by atoms with Crippen LogP contribution in [0.3, 0.4) is 0 Å². The molecule has 0 atom stereocenters. The van der Waals surface area contributed by atoms with E-state index in [1.165, 1.54) is 0 Å². The number of rotatable bonds is 9. The summed E-state index contributed by atoms with van der Waals surface area (Å²) < 4.78 is 5.89. The molecule has 3 rings (SSSR count). The maximum atomic E-state index is 12.3. The quantitative estimate of drug-likeness (QED) is 0.301. The number of anilines is 1. The summed E-state index contributed by atoms with van der Waals surface area (Å²) in [6.07, 6.45) is 4.88. The minimum atomic E-state index is -0.524. The van der Waals surface area contributed by atoms with Crippen LogP contribution < -0.4 is 15.7 Å². The van der Waals surface area contributed by atoms with Crippen LogP contribution in [0.5, 0.6) is 5.75 Å². The first-order chi connectivity index (χ1) is 15.1. The van der Waals surface area contributed by atoms with Crippen molar-refractivity contribution in [2.75, 3.05) is 12.0 Å². The molecule has 3 aromatic rings. The van der Waals surface area contributed by atoms with E-state index in [-0.39, 0.29) is 11.5 Å². The van der Waals surface area contributed by atoms with Crippen molar-refractivity contribution in [2.45, 2.75) is 33.1 Å². The molecule has 0 amide bonds. The van der Waals surface area contributed by atoms with Gasteiger partial charge in [0, 0.05) is 11.1 Å². The van der Waals surface area contributed by atoms with Gasteiger partial charge in [0.25, 0.3) is 5.56 Å². The van der Waals surface area contributed by atoms with Crippen LogP contribution in [0.15, 0.2) is 58.4 Å². The van der Waals surface area contributed by atoms with Gasteiger partial charge in [-0.25, -0.2) is 10.4 Å². The van der Waals surface area contributed by atoms with Gasteiger partial charge in [0.1, 0.15) is 17.4 Å². The standard InChI is InChI=1S/C24H25N5O2/c1-3-4-8-13-31-21-12-11-17(2)14-19(21)16-26-29-24-27-22(18-9-6-5-7-10-18)20(15-25)23(30)28-24/h5-7,9-12,14,16H,3-4,8,13H2,1-2H3,(H2,27,28,29,30). The van der Waals surface area contributed by atoms with Gasteiger partial charge in [-0.05, 0) is 25.5 Å². The van der Waals surface area contributed by atoms with E-state index in [0.29, 0.717) is 17.9 Å². The van der Waals surface area contributed by atoms with Gasteiger partial charge < -0.3 is 4.74 Å². The van der Waals surface area contributed by atoms with Crippen molar-refractivity contribution in [3.05, 3.63) is 75.6 Å². The fourth-order valence-corrected chi connectivity index (χ4v) is 3.03. The average Bonchev–Trinajstić information content (AvgIpc) is 2.78. The Kier molecular flexibility index (Phi) is 7.55. The van der Waals surface area contributed by atoms with Crippen molar-refractivity contribution in [1.29, 1.82) is 5.26 Å². The van der Waals surface area contributed by atoms with E-state index in [9.17, 15) is 10.1 Å². The summed E-state index contributed by atoms with van der Waals surface area (Å²) >= 11 is 0. The van der Waals surface area contributed by atoms with Gasteiger partial charge in [-0.1, -0.05) is 61.7 Å². The molecule has 2 N–H and O–H groups in total. The molecule has 0 bridgehead atoms. The number of nitriles is 1. The van der Waals surface area contributed by atoms with Gasteiger partial charge >= 0.3 is 0 Å². The van der Waals surface area contributed by atoms with Crippen molar-refractivity contribution < 1.29 is 4.74 Å². The molecule has 0 aliphatic heterocycles. The second kappa shape index (κ2) is 10.7. The lowest BCUT2D eigenvalue weighted by molar-refractivity contribution is 0.306. The minimum absolute atomic E-state index is 0.0396. The molecule has 158 valence electrons. The van der Waals surface area contributed by atoms with Gasteiger partial charge in [-0.2, -0.15) is 10.4 Å². The summed E-state index contributed by atoms with van der Waals surface area (Å²) in [5.74, 6) is 0.899. The number of H-pyrrole nitrogens is 1. The SMILES string of the molecule is CCCCCOc1ccc(C)cc1C=NNc1nc(-c2ccccc2)c(C#N)c(=O)[nH]1. The third-order valence-electron chi connectivity index (χ3n) is 4.62. The van der Waals surface area contributed by atoms with Crippen LogP contribution in [-0.4, -0.2) is 22.8 Å². The molecule has 31 heavy (non-hydrogen) atoms. The number of benzene rings is 2. The minimum Gasteiger partial charge on any atom is -0.493 e. The first-order valence-electron chi connectivity index (χ1n) is 10.2. The van der Waals surface area contributed by atoms with E-state index in [0.717, 1.165) is 36.1 Å². The molecule has 0 aliphatic carbocycles. The molecule has 7 nitrogen and oxygen atoms in total. The number of hydrogen-bond acceptors (Lipinski definition) is 6. The molecule has 1 heterocycles. The molecular weight excluding hydrogens is 390 g/mol. The van der Waals surface area contributed by atoms with Crippen molar-refractivity contribution in [1.82, 2.24) is 9.97 Å². The predicted octanol–water partition coefficient (Wildman–Crippen LogP) is 4.63. The molecule has 0 saturated carbocycles. The Morgan fingerprint density at radius 1 is 1.23 bits per heavy atom. The van der Waals surface area contributed by atoms with E-state index in [4.69, 9.17) is 4.74 Å². The zero-order valence-corrected chi connectivity index (χ0v) is 17.7. The zero-order valence-electron chi connectivity index (χ0n) is 17.7. The Balaban J connectivity index is 1.82. The van der Waals surface area contributed by atoms with Crippen molar-refractivity contribution >= 4 is 12.2 Å². The Bertz CT molecular complexity index is 1150. The lowest BCUT2D eigenvalue weighted by Crippen LogP contribution is -2.16. The fraction of sp³-hybridized carbons (Fsp3) is 0.250. The lowest BCUT2D eigenvalue weighted by Gasteiger charge is -2.10. The number of aromatic amines is 1. The molecule has 2 aromatic carbocycles. The predicted molar refractivity (Wildman–Crippen MR) is 122 cm³/mol. The number of nitrogens with one attached hydrogen (secondary N) is 2. The maximum Gasteiger partial charge on any atom is 0.270 e. The van der Waals surface area contributed by atoms with Gasteiger partial charge in [-0.15, -0.1) is 0 Å². The summed E-state index contributed by atoms with van der Waals surface area (Å²) in [6.45, 7) is 4.80. The monoisotopic (exact) mass is 415 g/mol. The van der Waals surface area contributed by atoms with Crippen molar-refractivity contribution in [3.63, 3.8) is 0 Å². The Morgan fingerprint density at radius 2 is 2.03 bits per heavy atom. The van der Waals surface area contributed by atoms with E-state index in [2.05, 4.69) is 27.4 Å². The molecule has 0 unspecified atom stereocenters. The smallest absolute Gasteiger partial charge is 0.270 e. The first-order valence-corrected chi connectivity index (χ1v) is 10.2. The van der Waals surface area contributed by atoms with E-state index >= 15 is 0 Å². The summed E-state index contributed by atoms with van der Waals surface area (Å²) in [5.41, 5.74) is 5.08. The van der Waals surface area contributed by atoms with Crippen LogP contribution in [0.4, 0.5) is 5.95 Å². The van der Waals surface area contributed by atoms with Gasteiger partial charge in [0.2, 0.25) is 5.95 Å². The van der Waals surface area contributed by atoms with Crippen LogP contribution in [0.1, 0.15) is 42.9 Å². The molecule has 1 aromatic heterocycles. The first kappa shape index (κ1) is 21.8. The largest absolute Gasteiger partial charge is 0.493 e. The number of nitrogens with zero attached hydrogens (tertiary/aromatic N) is 3. The van der Waals surface area contributed by atoms with Gasteiger partial charge in [-0.3, -0.25) is 9.78 Å². The van der Waals surface area contributed by atoms with Crippen LogP contribution in [-0.2, 0) is 0 Å². The Morgan fingerprint density at radius 3 is 2.77 bits per heavy atom. The highest BCUT2D eigenvalue weighted by Crippen LogP contribution is 2.20. The van der Waals surface area contributed by atoms with Crippen LogP contribution >= 0.6 is 0 Å². The van der Waals surface area contributed by atoms with E-state index < -0.39 is 5.56 Å². The summed E-state index contributed by atoms with van der Waals surface area (Å²) in [4.78, 5) is 19.3. The second-order valence-electron chi connectivity index (χ2n) is 7.08. The Hall–Kier alpha value is -3.92. The average molecular weight is 415 g/mol. The van der Waals surface area contributed by atoms with Gasteiger partial charge in [0.15, 0.2) is 0 Å². The topological polar surface area (TPSA) is 103 Å². The Labute approximate surface area is 181 Å². The highest BCUT2D eigenvalue weighted by molar-refractivity contribution is 5.84. The number of aromatic nitrogens is 2. The molecule has 0 spiro atoms. The number of ether oxygens (including phenoxy) is 1. The van der Waals surface area contributed by atoms with E-state index in [1.54, 1.807) is 18.3 Å².